The normalized spacial score (nSPS) is 10.6. The zero-order valence-corrected chi connectivity index (χ0v) is 18.1. The fraction of sp³-hybridized carbons (Fsp3) is 0. The molecule has 0 spiro atoms. The highest BCUT2D eigenvalue weighted by Gasteiger charge is 2.10. The molecule has 0 saturated heterocycles. The molecule has 0 radical (unpaired) electrons. The third-order valence-corrected chi connectivity index (χ3v) is 6.81. The second-order valence-corrected chi connectivity index (χ2v) is 9.08. The Morgan fingerprint density at radius 2 is 1.11 bits per heavy atom. The first kappa shape index (κ1) is 19.2. The van der Waals surface area contributed by atoms with Crippen LogP contribution in [0, 0.1) is 0 Å². The van der Waals surface area contributed by atoms with E-state index in [0.29, 0.717) is 0 Å². The van der Waals surface area contributed by atoms with Gasteiger partial charge in [-0.25, -0.2) is 0 Å². The van der Waals surface area contributed by atoms with Crippen LogP contribution in [0.25, 0.3) is 0 Å². The van der Waals surface area contributed by atoms with Crippen LogP contribution in [0.1, 0.15) is 0 Å². The van der Waals surface area contributed by atoms with Crippen molar-refractivity contribution in [2.45, 2.75) is 19.6 Å². The predicted octanol–water partition coefficient (Wildman–Crippen LogP) is 8.54. The third-order valence-electron chi connectivity index (χ3n) is 3.93. The Morgan fingerprint density at radius 3 is 1.82 bits per heavy atom. The highest BCUT2D eigenvalue weighted by molar-refractivity contribution is 9.10. The van der Waals surface area contributed by atoms with Crippen LogP contribution in [0.4, 0.5) is 0 Å². The molecule has 1 nitrogen and oxygen atoms in total. The Bertz CT molecular complexity index is 1050. The molecule has 28 heavy (non-hydrogen) atoms. The summed E-state index contributed by atoms with van der Waals surface area (Å²) in [6.45, 7) is 0. The van der Waals surface area contributed by atoms with Crippen LogP contribution in [-0.4, -0.2) is 0 Å². The molecular formula is C24H17BrOS2. The summed E-state index contributed by atoms with van der Waals surface area (Å²) in [7, 11) is 0. The molecule has 4 aromatic carbocycles. The number of hydrogen-bond acceptors (Lipinski definition) is 3. The molecule has 4 aromatic rings. The predicted molar refractivity (Wildman–Crippen MR) is 122 cm³/mol. The van der Waals surface area contributed by atoms with Crippen molar-refractivity contribution in [3.63, 3.8) is 0 Å². The Balaban J connectivity index is 1.59. The summed E-state index contributed by atoms with van der Waals surface area (Å²) in [5.41, 5.74) is 0. The summed E-state index contributed by atoms with van der Waals surface area (Å²) in [5.74, 6) is 1.70. The number of para-hydroxylation sites is 2. The van der Waals surface area contributed by atoms with E-state index >= 15 is 0 Å². The Morgan fingerprint density at radius 1 is 0.536 bits per heavy atom. The molecule has 0 unspecified atom stereocenters. The first-order valence-electron chi connectivity index (χ1n) is 8.80. The van der Waals surface area contributed by atoms with Crippen LogP contribution in [0.2, 0.25) is 0 Å². The second-order valence-electron chi connectivity index (χ2n) is 5.97. The van der Waals surface area contributed by atoms with Gasteiger partial charge in [0, 0.05) is 19.2 Å². The van der Waals surface area contributed by atoms with E-state index in [1.807, 2.05) is 48.5 Å². The van der Waals surface area contributed by atoms with Crippen molar-refractivity contribution in [2.75, 3.05) is 0 Å². The van der Waals surface area contributed by atoms with E-state index < -0.39 is 0 Å². The van der Waals surface area contributed by atoms with Gasteiger partial charge in [0.05, 0.1) is 4.90 Å². The van der Waals surface area contributed by atoms with E-state index in [1.165, 1.54) is 14.7 Å². The monoisotopic (exact) mass is 464 g/mol. The quantitative estimate of drug-likeness (QED) is 0.282. The second kappa shape index (κ2) is 9.37. The average Bonchev–Trinajstić information content (AvgIpc) is 2.73. The molecule has 0 atom stereocenters. The van der Waals surface area contributed by atoms with Gasteiger partial charge in [0.2, 0.25) is 0 Å². The van der Waals surface area contributed by atoms with Gasteiger partial charge in [0.15, 0.2) is 0 Å². The molecule has 0 heterocycles. The lowest BCUT2D eigenvalue weighted by atomic mass is 10.3. The number of hydrogen-bond donors (Lipinski definition) is 0. The summed E-state index contributed by atoms with van der Waals surface area (Å²) in [6, 6.07) is 34.9. The fourth-order valence-corrected chi connectivity index (χ4v) is 4.87. The van der Waals surface area contributed by atoms with Gasteiger partial charge in [0.1, 0.15) is 11.5 Å². The number of ether oxygens (including phenoxy) is 1. The van der Waals surface area contributed by atoms with E-state index in [2.05, 4.69) is 70.5 Å². The standard InChI is InChI=1S/C24H17BrOS2/c25-18-14-16-20(17-15-18)27-23-12-6-7-13-24(23)28-22-11-5-4-10-21(22)26-19-8-2-1-3-9-19/h1-17H. The maximum atomic E-state index is 6.12. The van der Waals surface area contributed by atoms with Gasteiger partial charge in [-0.05, 0) is 60.7 Å². The van der Waals surface area contributed by atoms with Crippen LogP contribution in [0.3, 0.4) is 0 Å². The first-order chi connectivity index (χ1) is 13.8. The van der Waals surface area contributed by atoms with Gasteiger partial charge in [-0.15, -0.1) is 0 Å². The van der Waals surface area contributed by atoms with E-state index in [1.54, 1.807) is 23.5 Å². The fourth-order valence-electron chi connectivity index (χ4n) is 2.60. The Hall–Kier alpha value is -2.14. The maximum Gasteiger partial charge on any atom is 0.141 e. The van der Waals surface area contributed by atoms with Crippen LogP contribution in [0.5, 0.6) is 11.5 Å². The minimum Gasteiger partial charge on any atom is -0.456 e. The van der Waals surface area contributed by atoms with Crippen molar-refractivity contribution < 1.29 is 4.74 Å². The zero-order valence-electron chi connectivity index (χ0n) is 14.9. The lowest BCUT2D eigenvalue weighted by Crippen LogP contribution is -1.87. The first-order valence-corrected chi connectivity index (χ1v) is 11.2. The van der Waals surface area contributed by atoms with Crippen molar-refractivity contribution in [3.05, 3.63) is 108 Å². The molecule has 0 aromatic heterocycles. The zero-order chi connectivity index (χ0) is 19.2. The largest absolute Gasteiger partial charge is 0.456 e. The molecular weight excluding hydrogens is 448 g/mol. The average molecular weight is 465 g/mol. The minimum absolute atomic E-state index is 0.841. The topological polar surface area (TPSA) is 9.23 Å². The lowest BCUT2D eigenvalue weighted by molar-refractivity contribution is 0.471. The Kier molecular flexibility index (Phi) is 6.42. The number of benzene rings is 4. The highest BCUT2D eigenvalue weighted by atomic mass is 79.9. The van der Waals surface area contributed by atoms with Crippen molar-refractivity contribution in [1.29, 1.82) is 0 Å². The van der Waals surface area contributed by atoms with Crippen LogP contribution < -0.4 is 4.74 Å². The highest BCUT2D eigenvalue weighted by Crippen LogP contribution is 2.42. The van der Waals surface area contributed by atoms with Gasteiger partial charge in [-0.3, -0.25) is 0 Å². The Labute approximate surface area is 182 Å². The molecule has 4 rings (SSSR count). The van der Waals surface area contributed by atoms with Crippen LogP contribution in [-0.2, 0) is 0 Å². The maximum absolute atomic E-state index is 6.12. The number of rotatable bonds is 6. The summed E-state index contributed by atoms with van der Waals surface area (Å²) in [4.78, 5) is 4.74. The minimum atomic E-state index is 0.841. The van der Waals surface area contributed by atoms with Crippen LogP contribution >= 0.6 is 39.5 Å². The molecule has 0 aliphatic carbocycles. The third kappa shape index (κ3) is 5.02. The van der Waals surface area contributed by atoms with Crippen molar-refractivity contribution in [2.24, 2.45) is 0 Å². The van der Waals surface area contributed by atoms with Crippen molar-refractivity contribution >= 4 is 39.5 Å². The van der Waals surface area contributed by atoms with E-state index in [4.69, 9.17) is 4.74 Å². The lowest BCUT2D eigenvalue weighted by Gasteiger charge is -2.13. The molecule has 4 heteroatoms. The smallest absolute Gasteiger partial charge is 0.141 e. The molecule has 0 aliphatic rings. The molecule has 0 fully saturated rings. The van der Waals surface area contributed by atoms with E-state index in [9.17, 15) is 0 Å². The molecule has 138 valence electrons. The molecule has 0 amide bonds. The van der Waals surface area contributed by atoms with E-state index in [-0.39, 0.29) is 0 Å². The summed E-state index contributed by atoms with van der Waals surface area (Å²) in [5, 5.41) is 0. The molecule has 0 aliphatic heterocycles. The van der Waals surface area contributed by atoms with Gasteiger partial charge in [0.25, 0.3) is 0 Å². The summed E-state index contributed by atoms with van der Waals surface area (Å²) >= 11 is 6.99. The van der Waals surface area contributed by atoms with Gasteiger partial charge in [-0.1, -0.05) is 81.9 Å². The number of halogens is 1. The van der Waals surface area contributed by atoms with E-state index in [0.717, 1.165) is 20.9 Å². The van der Waals surface area contributed by atoms with Crippen molar-refractivity contribution in [1.82, 2.24) is 0 Å². The SMILES string of the molecule is Brc1ccc(Sc2ccccc2Sc2ccccc2Oc2ccccc2)cc1. The summed E-state index contributed by atoms with van der Waals surface area (Å²) < 4.78 is 7.21. The van der Waals surface area contributed by atoms with Crippen LogP contribution in [0.15, 0.2) is 127 Å². The summed E-state index contributed by atoms with van der Waals surface area (Å²) in [6.07, 6.45) is 0. The molecule has 0 saturated carbocycles. The van der Waals surface area contributed by atoms with Gasteiger partial charge in [-0.2, -0.15) is 0 Å². The van der Waals surface area contributed by atoms with Crippen molar-refractivity contribution in [3.8, 4) is 11.5 Å². The van der Waals surface area contributed by atoms with Gasteiger partial charge < -0.3 is 4.74 Å². The van der Waals surface area contributed by atoms with Gasteiger partial charge >= 0.3 is 0 Å². The molecule has 0 bridgehead atoms. The molecule has 0 N–H and O–H groups in total.